The molecule has 1 saturated heterocycles. The largest absolute Gasteiger partial charge is 0.381 e. The van der Waals surface area contributed by atoms with Crippen LogP contribution in [0.2, 0.25) is 5.02 Å². The van der Waals surface area contributed by atoms with Gasteiger partial charge in [-0.1, -0.05) is 35.9 Å². The summed E-state index contributed by atoms with van der Waals surface area (Å²) in [5.74, 6) is 0.937. The van der Waals surface area contributed by atoms with Crippen LogP contribution in [0.25, 0.3) is 10.1 Å². The van der Waals surface area contributed by atoms with Crippen molar-refractivity contribution in [1.29, 1.82) is 0 Å². The van der Waals surface area contributed by atoms with Crippen LogP contribution in [-0.2, 0) is 22.0 Å². The number of piperidine rings is 1. The van der Waals surface area contributed by atoms with E-state index in [-0.39, 0.29) is 12.0 Å². The Hall–Kier alpha value is -1.24. The van der Waals surface area contributed by atoms with Crippen LogP contribution in [0.1, 0.15) is 12.0 Å². The molecule has 1 aliphatic rings. The van der Waals surface area contributed by atoms with Gasteiger partial charge < -0.3 is 9.64 Å². The van der Waals surface area contributed by atoms with Crippen molar-refractivity contribution in [3.05, 3.63) is 64.5 Å². The van der Waals surface area contributed by atoms with E-state index in [0.29, 0.717) is 5.75 Å². The third kappa shape index (κ3) is 5.09. The fraction of sp³-hybridized carbons (Fsp3) is 0.391. The first kappa shape index (κ1) is 21.0. The summed E-state index contributed by atoms with van der Waals surface area (Å²) in [6.07, 6.45) is 2.20. The number of fused-ring (bicyclic) bond motifs is 1. The Labute approximate surface area is 184 Å². The van der Waals surface area contributed by atoms with E-state index in [0.717, 1.165) is 42.4 Å². The van der Waals surface area contributed by atoms with E-state index < -0.39 is 10.8 Å². The highest BCUT2D eigenvalue weighted by Gasteiger charge is 2.30. The van der Waals surface area contributed by atoms with Gasteiger partial charge in [0.25, 0.3) is 0 Å². The lowest BCUT2D eigenvalue weighted by Crippen LogP contribution is -2.46. The highest BCUT2D eigenvalue weighted by Crippen LogP contribution is 2.29. The molecule has 2 aromatic carbocycles. The van der Waals surface area contributed by atoms with E-state index >= 15 is 0 Å². The van der Waals surface area contributed by atoms with Crippen molar-refractivity contribution in [2.24, 2.45) is 5.92 Å². The number of methoxy groups -OCH3 is 1. The van der Waals surface area contributed by atoms with Gasteiger partial charge in [0.1, 0.15) is 0 Å². The monoisotopic (exact) mass is 447 g/mol. The topological polar surface area (TPSA) is 29.5 Å². The molecule has 0 amide bonds. The van der Waals surface area contributed by atoms with Gasteiger partial charge in [-0.2, -0.15) is 0 Å². The first-order chi connectivity index (χ1) is 14.1. The van der Waals surface area contributed by atoms with Gasteiger partial charge in [0.15, 0.2) is 0 Å². The van der Waals surface area contributed by atoms with Gasteiger partial charge in [-0.15, -0.1) is 11.3 Å². The lowest BCUT2D eigenvalue weighted by atomic mass is 9.96. The molecule has 1 fully saturated rings. The van der Waals surface area contributed by atoms with Crippen molar-refractivity contribution in [2.45, 2.75) is 23.8 Å². The number of rotatable bonds is 7. The third-order valence-corrected chi connectivity index (χ3v) is 8.50. The van der Waals surface area contributed by atoms with Crippen LogP contribution in [0.5, 0.6) is 0 Å². The van der Waals surface area contributed by atoms with Gasteiger partial charge in [0, 0.05) is 53.0 Å². The molecule has 0 radical (unpaired) electrons. The maximum atomic E-state index is 12.8. The summed E-state index contributed by atoms with van der Waals surface area (Å²) in [5.41, 5.74) is 1.39. The maximum Gasteiger partial charge on any atom is 0.0632 e. The van der Waals surface area contributed by atoms with Crippen molar-refractivity contribution in [1.82, 2.24) is 4.90 Å². The first-order valence-electron chi connectivity index (χ1n) is 9.98. The van der Waals surface area contributed by atoms with Crippen LogP contribution < -0.4 is 0 Å². The normalized spacial score (nSPS) is 21.4. The second-order valence-electron chi connectivity index (χ2n) is 7.60. The molecule has 3 unspecified atom stereocenters. The van der Waals surface area contributed by atoms with Crippen molar-refractivity contribution in [3.63, 3.8) is 0 Å². The first-order valence-corrected chi connectivity index (χ1v) is 12.6. The molecular weight excluding hydrogens is 422 g/mol. The number of hydrogen-bond donors (Lipinski definition) is 0. The molecule has 4 rings (SSSR count). The minimum atomic E-state index is -0.990. The zero-order valence-corrected chi connectivity index (χ0v) is 18.9. The predicted molar refractivity (Wildman–Crippen MR) is 124 cm³/mol. The summed E-state index contributed by atoms with van der Waals surface area (Å²) in [6.45, 7) is 2.98. The molecule has 29 heavy (non-hydrogen) atoms. The standard InChI is InChI=1S/C23H26ClNO2S2/c1-27-22-10-12-25(14-18(22)16-29(26)20-5-3-2-4-6-20)11-9-17-15-28-23-13-19(24)7-8-21(17)23/h2-8,13,15,18,22H,9-12,14,16H2,1H3. The number of halogens is 1. The van der Waals surface area contributed by atoms with Crippen molar-refractivity contribution in [2.75, 3.05) is 32.5 Å². The average Bonchev–Trinajstić information content (AvgIpc) is 3.15. The summed E-state index contributed by atoms with van der Waals surface area (Å²) >= 11 is 7.88. The number of ether oxygens (including phenoxy) is 1. The molecule has 0 saturated carbocycles. The van der Waals surface area contributed by atoms with Gasteiger partial charge in [-0.25, -0.2) is 0 Å². The Morgan fingerprint density at radius 1 is 1.24 bits per heavy atom. The van der Waals surface area contributed by atoms with Crippen molar-refractivity contribution < 1.29 is 8.95 Å². The Balaban J connectivity index is 1.39. The van der Waals surface area contributed by atoms with Crippen LogP contribution in [0, 0.1) is 5.92 Å². The number of thiophene rings is 1. The molecule has 0 spiro atoms. The summed E-state index contributed by atoms with van der Waals surface area (Å²) in [6, 6.07) is 15.9. The zero-order valence-electron chi connectivity index (χ0n) is 16.6. The summed E-state index contributed by atoms with van der Waals surface area (Å²) in [5, 5.41) is 4.36. The molecule has 154 valence electrons. The summed E-state index contributed by atoms with van der Waals surface area (Å²) in [7, 11) is 0.789. The van der Waals surface area contributed by atoms with Gasteiger partial charge in [-0.3, -0.25) is 4.21 Å². The summed E-state index contributed by atoms with van der Waals surface area (Å²) in [4.78, 5) is 3.41. The lowest BCUT2D eigenvalue weighted by Gasteiger charge is -2.37. The fourth-order valence-electron chi connectivity index (χ4n) is 4.15. The highest BCUT2D eigenvalue weighted by atomic mass is 35.5. The zero-order chi connectivity index (χ0) is 20.2. The molecule has 6 heteroatoms. The maximum absolute atomic E-state index is 12.8. The van der Waals surface area contributed by atoms with E-state index in [4.69, 9.17) is 16.3 Å². The molecule has 1 aliphatic heterocycles. The minimum Gasteiger partial charge on any atom is -0.381 e. The van der Waals surface area contributed by atoms with Crippen molar-refractivity contribution >= 4 is 43.8 Å². The minimum absolute atomic E-state index is 0.183. The summed E-state index contributed by atoms with van der Waals surface area (Å²) < 4.78 is 19.8. The average molecular weight is 448 g/mol. The van der Waals surface area contributed by atoms with Gasteiger partial charge in [-0.05, 0) is 53.4 Å². The highest BCUT2D eigenvalue weighted by molar-refractivity contribution is 7.85. The number of likely N-dealkylation sites (tertiary alicyclic amines) is 1. The Morgan fingerprint density at radius 3 is 2.86 bits per heavy atom. The second kappa shape index (κ2) is 9.71. The molecule has 0 N–H and O–H groups in total. The number of benzene rings is 2. The Bertz CT molecular complexity index is 975. The van der Waals surface area contributed by atoms with Crippen molar-refractivity contribution in [3.8, 4) is 0 Å². The van der Waals surface area contributed by atoms with Crippen LogP contribution in [-0.4, -0.2) is 47.7 Å². The van der Waals surface area contributed by atoms with Gasteiger partial charge in [0.05, 0.1) is 16.9 Å². The second-order valence-corrected chi connectivity index (χ2v) is 10.4. The lowest BCUT2D eigenvalue weighted by molar-refractivity contribution is 0.00242. The molecular formula is C23H26ClNO2S2. The van der Waals surface area contributed by atoms with Crippen LogP contribution in [0.15, 0.2) is 58.8 Å². The van der Waals surface area contributed by atoms with Gasteiger partial charge >= 0.3 is 0 Å². The molecule has 3 nitrogen and oxygen atoms in total. The SMILES string of the molecule is COC1CCN(CCc2csc3cc(Cl)ccc23)CC1CS(=O)c1ccccc1. The predicted octanol–water partition coefficient (Wildman–Crippen LogP) is 5.24. The van der Waals surface area contributed by atoms with E-state index in [1.54, 1.807) is 18.4 Å². The molecule has 0 bridgehead atoms. The van der Waals surface area contributed by atoms with E-state index in [1.807, 2.05) is 42.5 Å². The quantitative estimate of drug-likeness (QED) is 0.496. The number of hydrogen-bond acceptors (Lipinski definition) is 4. The smallest absolute Gasteiger partial charge is 0.0632 e. The third-order valence-electron chi connectivity index (χ3n) is 5.74. The molecule has 0 aliphatic carbocycles. The van der Waals surface area contributed by atoms with E-state index in [1.165, 1.54) is 15.6 Å². The number of nitrogens with zero attached hydrogens (tertiary/aromatic N) is 1. The fourth-order valence-corrected chi connectivity index (χ4v) is 6.79. The van der Waals surface area contributed by atoms with Crippen LogP contribution in [0.3, 0.4) is 0 Å². The van der Waals surface area contributed by atoms with Crippen LogP contribution in [0.4, 0.5) is 0 Å². The van der Waals surface area contributed by atoms with Gasteiger partial charge in [0.2, 0.25) is 0 Å². The molecule has 3 aromatic rings. The Kier molecular flexibility index (Phi) is 7.04. The molecule has 1 aromatic heterocycles. The van der Waals surface area contributed by atoms with E-state index in [2.05, 4.69) is 16.3 Å². The molecule has 2 heterocycles. The molecule has 3 atom stereocenters. The van der Waals surface area contributed by atoms with Crippen LogP contribution >= 0.6 is 22.9 Å². The van der Waals surface area contributed by atoms with E-state index in [9.17, 15) is 4.21 Å². The Morgan fingerprint density at radius 2 is 2.07 bits per heavy atom.